The van der Waals surface area contributed by atoms with Crippen LogP contribution in [0.1, 0.15) is 251 Å². The van der Waals surface area contributed by atoms with Gasteiger partial charge in [-0.2, -0.15) is 0 Å². The highest BCUT2D eigenvalue weighted by Crippen LogP contribution is 2.16. The van der Waals surface area contributed by atoms with Crippen LogP contribution in [0, 0.1) is 0 Å². The maximum Gasteiger partial charge on any atom is 0.305 e. The molecule has 0 bridgehead atoms. The third kappa shape index (κ3) is 40.1. The zero-order valence-electron chi connectivity index (χ0n) is 35.5. The third-order valence-corrected chi connectivity index (χ3v) is 10.8. The maximum atomic E-state index is 12.4. The lowest BCUT2D eigenvalue weighted by molar-refractivity contribution is -0.143. The predicted octanol–water partition coefficient (Wildman–Crippen LogP) is 13.4. The van der Waals surface area contributed by atoms with Crippen molar-refractivity contribution >= 4 is 11.9 Å². The summed E-state index contributed by atoms with van der Waals surface area (Å²) in [6.07, 6.45) is 47.4. The molecule has 6 heteroatoms. The summed E-state index contributed by atoms with van der Waals surface area (Å²) in [5, 5.41) is 23.1. The van der Waals surface area contributed by atoms with Crippen molar-refractivity contribution in [1.82, 2.24) is 5.32 Å². The van der Waals surface area contributed by atoms with E-state index in [1.807, 2.05) is 0 Å². The Labute approximate surface area is 329 Å². The quantitative estimate of drug-likeness (QED) is 0.0328. The van der Waals surface area contributed by atoms with Crippen LogP contribution in [0.2, 0.25) is 0 Å². The van der Waals surface area contributed by atoms with Crippen LogP contribution in [0.15, 0.2) is 12.2 Å². The molecule has 6 nitrogen and oxygen atoms in total. The highest BCUT2D eigenvalue weighted by molar-refractivity contribution is 5.76. The fourth-order valence-corrected chi connectivity index (χ4v) is 7.16. The molecule has 314 valence electrons. The largest absolute Gasteiger partial charge is 0.466 e. The van der Waals surface area contributed by atoms with E-state index in [2.05, 4.69) is 31.3 Å². The maximum absolute atomic E-state index is 12.4. The summed E-state index contributed by atoms with van der Waals surface area (Å²) >= 11 is 0. The average Bonchev–Trinajstić information content (AvgIpc) is 3.16. The van der Waals surface area contributed by atoms with Gasteiger partial charge in [0, 0.05) is 12.8 Å². The number of nitrogens with one attached hydrogen (secondary N) is 1. The number of hydrogen-bond donors (Lipinski definition) is 3. The fourth-order valence-electron chi connectivity index (χ4n) is 7.16. The van der Waals surface area contributed by atoms with Crippen molar-refractivity contribution in [2.24, 2.45) is 0 Å². The molecule has 0 saturated carbocycles. The monoisotopic (exact) mass is 750 g/mol. The van der Waals surface area contributed by atoms with Crippen LogP contribution in [-0.4, -0.2) is 47.4 Å². The fraction of sp³-hybridized carbons (Fsp3) is 0.915. The first-order valence-corrected chi connectivity index (χ1v) is 23.4. The Kier molecular flexibility index (Phi) is 42.2. The van der Waals surface area contributed by atoms with Gasteiger partial charge >= 0.3 is 5.97 Å². The molecule has 1 amide bonds. The van der Waals surface area contributed by atoms with Gasteiger partial charge in [0.1, 0.15) is 0 Å². The topological polar surface area (TPSA) is 95.9 Å². The van der Waals surface area contributed by atoms with Gasteiger partial charge in [-0.05, 0) is 51.4 Å². The van der Waals surface area contributed by atoms with Crippen molar-refractivity contribution in [3.63, 3.8) is 0 Å². The van der Waals surface area contributed by atoms with Gasteiger partial charge in [0.2, 0.25) is 5.91 Å². The lowest BCUT2D eigenvalue weighted by Gasteiger charge is -2.22. The first kappa shape index (κ1) is 51.6. The second kappa shape index (κ2) is 43.3. The summed E-state index contributed by atoms with van der Waals surface area (Å²) in [5.41, 5.74) is 0. The van der Waals surface area contributed by atoms with Crippen LogP contribution in [-0.2, 0) is 14.3 Å². The Bertz CT molecular complexity index is 787. The van der Waals surface area contributed by atoms with Crippen molar-refractivity contribution < 1.29 is 24.5 Å². The zero-order valence-corrected chi connectivity index (χ0v) is 35.5. The summed E-state index contributed by atoms with van der Waals surface area (Å²) in [6, 6.07) is -0.560. The van der Waals surface area contributed by atoms with Gasteiger partial charge in [0.15, 0.2) is 0 Å². The number of unbranched alkanes of at least 4 members (excludes halogenated alkanes) is 30. The summed E-state index contributed by atoms with van der Waals surface area (Å²) in [7, 11) is 0. The van der Waals surface area contributed by atoms with Gasteiger partial charge in [-0.25, -0.2) is 0 Å². The molecule has 2 atom stereocenters. The Morgan fingerprint density at radius 2 is 0.887 bits per heavy atom. The van der Waals surface area contributed by atoms with Crippen LogP contribution in [0.25, 0.3) is 0 Å². The standard InChI is InChI=1S/C47H91NO5/c1-3-5-7-9-11-13-15-16-17-20-23-27-31-35-39-45(50)44(43-49)48-46(51)40-36-32-28-24-21-18-22-26-30-34-38-42-53-47(52)41-37-33-29-25-19-14-12-10-8-6-4-2/h22,26,44-45,49-50H,3-21,23-25,27-43H2,1-2H3,(H,48,51)/b26-22-. The normalized spacial score (nSPS) is 12.8. The molecule has 53 heavy (non-hydrogen) atoms. The highest BCUT2D eigenvalue weighted by atomic mass is 16.5. The molecule has 0 aromatic rings. The van der Waals surface area contributed by atoms with E-state index in [1.54, 1.807) is 0 Å². The average molecular weight is 750 g/mol. The van der Waals surface area contributed by atoms with Gasteiger partial charge in [0.25, 0.3) is 0 Å². The van der Waals surface area contributed by atoms with Crippen molar-refractivity contribution in [2.75, 3.05) is 13.2 Å². The molecule has 0 aliphatic carbocycles. The minimum absolute atomic E-state index is 0.0316. The Balaban J connectivity index is 3.53. The molecule has 0 aromatic heterocycles. The molecule has 0 aliphatic heterocycles. The van der Waals surface area contributed by atoms with Crippen molar-refractivity contribution in [3.05, 3.63) is 12.2 Å². The second-order valence-electron chi connectivity index (χ2n) is 16.1. The second-order valence-corrected chi connectivity index (χ2v) is 16.1. The molecule has 0 aliphatic rings. The minimum atomic E-state index is -0.680. The first-order chi connectivity index (χ1) is 26.0. The van der Waals surface area contributed by atoms with Crippen molar-refractivity contribution in [1.29, 1.82) is 0 Å². The summed E-state index contributed by atoms with van der Waals surface area (Å²) in [6.45, 7) is 4.86. The smallest absolute Gasteiger partial charge is 0.305 e. The van der Waals surface area contributed by atoms with Gasteiger partial charge < -0.3 is 20.3 Å². The predicted molar refractivity (Wildman–Crippen MR) is 227 cm³/mol. The molecule has 0 rings (SSSR count). The molecule has 0 saturated heterocycles. The molecular formula is C47H91NO5. The number of carbonyl (C=O) groups excluding carboxylic acids is 2. The minimum Gasteiger partial charge on any atom is -0.466 e. The van der Waals surface area contributed by atoms with Crippen LogP contribution in [0.4, 0.5) is 0 Å². The lowest BCUT2D eigenvalue weighted by Crippen LogP contribution is -2.45. The van der Waals surface area contributed by atoms with E-state index in [9.17, 15) is 19.8 Å². The molecule has 0 fully saturated rings. The van der Waals surface area contributed by atoms with E-state index in [4.69, 9.17) is 4.74 Å². The number of amides is 1. The van der Waals surface area contributed by atoms with Crippen LogP contribution < -0.4 is 5.32 Å². The SMILES string of the molecule is CCCCCCCCCCCCCCCCC(O)C(CO)NC(=O)CCCCCCC/C=C\CCCCOC(=O)CCCCCCCCCCCCC. The van der Waals surface area contributed by atoms with Crippen molar-refractivity contribution in [3.8, 4) is 0 Å². The van der Waals surface area contributed by atoms with E-state index < -0.39 is 12.1 Å². The van der Waals surface area contributed by atoms with Crippen LogP contribution in [0.3, 0.4) is 0 Å². The Morgan fingerprint density at radius 3 is 1.34 bits per heavy atom. The third-order valence-electron chi connectivity index (χ3n) is 10.8. The summed E-state index contributed by atoms with van der Waals surface area (Å²) in [5.74, 6) is -0.0954. The van der Waals surface area contributed by atoms with E-state index in [0.717, 1.165) is 83.5 Å². The molecule has 3 N–H and O–H groups in total. The zero-order chi connectivity index (χ0) is 38.7. The highest BCUT2D eigenvalue weighted by Gasteiger charge is 2.20. The molecule has 0 spiro atoms. The molecular weight excluding hydrogens is 659 g/mol. The number of rotatable bonds is 43. The van der Waals surface area contributed by atoms with Gasteiger partial charge in [-0.15, -0.1) is 0 Å². The Hall–Kier alpha value is -1.40. The van der Waals surface area contributed by atoms with E-state index in [-0.39, 0.29) is 18.5 Å². The summed E-state index contributed by atoms with van der Waals surface area (Å²) in [4.78, 5) is 24.4. The number of carbonyl (C=O) groups is 2. The number of ether oxygens (including phenoxy) is 1. The van der Waals surface area contributed by atoms with Crippen LogP contribution in [0.5, 0.6) is 0 Å². The number of aliphatic hydroxyl groups excluding tert-OH is 2. The first-order valence-electron chi connectivity index (χ1n) is 23.4. The Morgan fingerprint density at radius 1 is 0.509 bits per heavy atom. The van der Waals surface area contributed by atoms with E-state index in [0.29, 0.717) is 25.9 Å². The van der Waals surface area contributed by atoms with Gasteiger partial charge in [-0.1, -0.05) is 199 Å². The van der Waals surface area contributed by atoms with E-state index >= 15 is 0 Å². The number of allylic oxidation sites excluding steroid dienone is 2. The summed E-state index contributed by atoms with van der Waals surface area (Å²) < 4.78 is 5.41. The van der Waals surface area contributed by atoms with E-state index in [1.165, 1.54) is 135 Å². The van der Waals surface area contributed by atoms with Crippen LogP contribution >= 0.6 is 0 Å². The molecule has 2 unspecified atom stereocenters. The van der Waals surface area contributed by atoms with Crippen molar-refractivity contribution in [2.45, 2.75) is 264 Å². The van der Waals surface area contributed by atoms with Gasteiger partial charge in [0.05, 0.1) is 25.4 Å². The number of aliphatic hydroxyl groups is 2. The lowest BCUT2D eigenvalue weighted by atomic mass is 10.0. The number of hydrogen-bond acceptors (Lipinski definition) is 5. The number of esters is 1. The molecule has 0 aromatic carbocycles. The van der Waals surface area contributed by atoms with Gasteiger partial charge in [-0.3, -0.25) is 9.59 Å². The molecule has 0 heterocycles. The molecule has 0 radical (unpaired) electrons.